The van der Waals surface area contributed by atoms with Crippen LogP contribution in [0.4, 0.5) is 0 Å². The van der Waals surface area contributed by atoms with E-state index in [2.05, 4.69) is 43.4 Å². The largest absolute Gasteiger partial charge is 0.472 e. The minimum Gasteiger partial charge on any atom is -0.457 e. The number of esters is 1. The molecular formula is C45H63NO7P+. The van der Waals surface area contributed by atoms with Gasteiger partial charge in [-0.05, 0) is 61.6 Å². The first kappa shape index (κ1) is 44.8. The number of likely N-dealkylation sites (N-methyl/N-ethyl adjacent to an activating group) is 1. The van der Waals surface area contributed by atoms with Crippen LogP contribution in [0, 0.1) is 0 Å². The number of hydrogen-bond donors (Lipinski definition) is 1. The molecule has 0 radical (unpaired) electrons. The Hall–Kier alpha value is -3.62. The number of phosphoric acid groups is 1. The lowest BCUT2D eigenvalue weighted by Gasteiger charge is -2.37. The maximum Gasteiger partial charge on any atom is 0.472 e. The molecule has 0 aliphatic carbocycles. The third kappa shape index (κ3) is 17.2. The van der Waals surface area contributed by atoms with Gasteiger partial charge in [0.1, 0.15) is 24.9 Å². The number of benzene rings is 3. The van der Waals surface area contributed by atoms with Gasteiger partial charge in [0.2, 0.25) is 0 Å². The van der Waals surface area contributed by atoms with E-state index in [9.17, 15) is 14.3 Å². The van der Waals surface area contributed by atoms with Gasteiger partial charge in [-0.3, -0.25) is 13.8 Å². The highest BCUT2D eigenvalue weighted by molar-refractivity contribution is 7.47. The smallest absolute Gasteiger partial charge is 0.457 e. The quantitative estimate of drug-likeness (QED) is 0.0207. The molecule has 0 amide bonds. The molecule has 0 aliphatic heterocycles. The monoisotopic (exact) mass is 760 g/mol. The Morgan fingerprint density at radius 1 is 0.704 bits per heavy atom. The van der Waals surface area contributed by atoms with Crippen molar-refractivity contribution in [3.8, 4) is 0 Å². The van der Waals surface area contributed by atoms with Crippen LogP contribution in [0.3, 0.4) is 0 Å². The second-order valence-electron chi connectivity index (χ2n) is 14.4. The maximum absolute atomic E-state index is 13.2. The van der Waals surface area contributed by atoms with Crippen molar-refractivity contribution in [1.29, 1.82) is 0 Å². The number of carbonyl (C=O) groups is 1. The second-order valence-corrected chi connectivity index (χ2v) is 15.9. The summed E-state index contributed by atoms with van der Waals surface area (Å²) in [4.78, 5) is 23.7. The van der Waals surface area contributed by atoms with Crippen LogP contribution in [-0.4, -0.2) is 69.0 Å². The SMILES string of the molecule is CCCCC/C=C\C/C=C\C/C=C\CCCCC(=O)O[C@@H](COC(c1ccccc1)(c1ccccc1)c1ccccc1)COP(=O)(O)OCC[N+](C)(C)C. The number of phosphoric ester groups is 1. The van der Waals surface area contributed by atoms with Crippen molar-refractivity contribution in [3.63, 3.8) is 0 Å². The molecule has 2 atom stereocenters. The van der Waals surface area contributed by atoms with Crippen LogP contribution in [0.25, 0.3) is 0 Å². The van der Waals surface area contributed by atoms with Crippen molar-refractivity contribution in [2.45, 2.75) is 82.8 Å². The van der Waals surface area contributed by atoms with Crippen molar-refractivity contribution in [3.05, 3.63) is 144 Å². The molecular weight excluding hydrogens is 697 g/mol. The summed E-state index contributed by atoms with van der Waals surface area (Å²) in [7, 11) is 1.44. The molecule has 0 saturated carbocycles. The zero-order valence-electron chi connectivity index (χ0n) is 32.9. The van der Waals surface area contributed by atoms with Gasteiger partial charge in [0.15, 0.2) is 0 Å². The zero-order chi connectivity index (χ0) is 39.0. The van der Waals surface area contributed by atoms with Crippen LogP contribution in [0.5, 0.6) is 0 Å². The molecule has 3 rings (SSSR count). The first-order valence-corrected chi connectivity index (χ1v) is 20.9. The number of unbranched alkanes of at least 4 members (excludes halogenated alkanes) is 5. The number of nitrogens with zero attached hydrogens (tertiary/aromatic N) is 1. The van der Waals surface area contributed by atoms with Gasteiger partial charge in [0.05, 0.1) is 34.4 Å². The normalized spacial score (nSPS) is 14.2. The number of hydrogen-bond acceptors (Lipinski definition) is 6. The van der Waals surface area contributed by atoms with E-state index in [-0.39, 0.29) is 26.2 Å². The van der Waals surface area contributed by atoms with E-state index in [4.69, 9.17) is 18.5 Å². The van der Waals surface area contributed by atoms with E-state index in [0.29, 0.717) is 17.4 Å². The fourth-order valence-corrected chi connectivity index (χ4v) is 6.56. The highest BCUT2D eigenvalue weighted by Gasteiger charge is 2.39. The van der Waals surface area contributed by atoms with Gasteiger partial charge in [-0.2, -0.15) is 0 Å². The molecule has 54 heavy (non-hydrogen) atoms. The Kier molecular flexibility index (Phi) is 20.5. The zero-order valence-corrected chi connectivity index (χ0v) is 33.8. The molecule has 8 nitrogen and oxygen atoms in total. The predicted octanol–water partition coefficient (Wildman–Crippen LogP) is 10.3. The van der Waals surface area contributed by atoms with Crippen LogP contribution < -0.4 is 0 Å². The van der Waals surface area contributed by atoms with Crippen molar-refractivity contribution in [1.82, 2.24) is 0 Å². The highest BCUT2D eigenvalue weighted by Crippen LogP contribution is 2.44. The van der Waals surface area contributed by atoms with E-state index in [1.54, 1.807) is 0 Å². The van der Waals surface area contributed by atoms with Crippen LogP contribution in [0.2, 0.25) is 0 Å². The van der Waals surface area contributed by atoms with Gasteiger partial charge in [0, 0.05) is 6.42 Å². The summed E-state index contributed by atoms with van der Waals surface area (Å²) < 4.78 is 36.9. The highest BCUT2D eigenvalue weighted by atomic mass is 31.2. The molecule has 0 fully saturated rings. The Morgan fingerprint density at radius 3 is 1.67 bits per heavy atom. The van der Waals surface area contributed by atoms with E-state index < -0.39 is 25.5 Å². The average Bonchev–Trinajstić information content (AvgIpc) is 3.16. The van der Waals surface area contributed by atoms with E-state index in [0.717, 1.165) is 48.8 Å². The lowest BCUT2D eigenvalue weighted by molar-refractivity contribution is -0.870. The molecule has 294 valence electrons. The molecule has 0 bridgehead atoms. The van der Waals surface area contributed by atoms with Gasteiger partial charge in [-0.15, -0.1) is 0 Å². The lowest BCUT2D eigenvalue weighted by atomic mass is 9.80. The van der Waals surface area contributed by atoms with Gasteiger partial charge in [-0.25, -0.2) is 4.57 Å². The predicted molar refractivity (Wildman–Crippen MR) is 219 cm³/mol. The van der Waals surface area contributed by atoms with E-state index >= 15 is 0 Å². The van der Waals surface area contributed by atoms with Gasteiger partial charge < -0.3 is 18.9 Å². The number of rotatable bonds is 27. The summed E-state index contributed by atoms with van der Waals surface area (Å²) >= 11 is 0. The van der Waals surface area contributed by atoms with Crippen LogP contribution in [0.15, 0.2) is 127 Å². The Bertz CT molecular complexity index is 1490. The fraction of sp³-hybridized carbons (Fsp3) is 0.444. The summed E-state index contributed by atoms with van der Waals surface area (Å²) in [5, 5.41) is 0. The summed E-state index contributed by atoms with van der Waals surface area (Å²) in [6.07, 6.45) is 21.5. The van der Waals surface area contributed by atoms with Gasteiger partial charge in [0.25, 0.3) is 0 Å². The molecule has 1 unspecified atom stereocenters. The minimum absolute atomic E-state index is 0.0264. The summed E-state index contributed by atoms with van der Waals surface area (Å²) in [5.41, 5.74) is 1.56. The molecule has 0 spiro atoms. The lowest BCUT2D eigenvalue weighted by Crippen LogP contribution is -2.38. The van der Waals surface area contributed by atoms with Gasteiger partial charge in [-0.1, -0.05) is 147 Å². The molecule has 0 aliphatic rings. The number of quaternary nitrogens is 1. The molecule has 0 heterocycles. The Balaban J connectivity index is 1.66. The summed E-state index contributed by atoms with van der Waals surface area (Å²) in [5.74, 6) is -0.426. The van der Waals surface area contributed by atoms with Crippen molar-refractivity contribution >= 4 is 13.8 Å². The molecule has 0 saturated heterocycles. The van der Waals surface area contributed by atoms with Crippen LogP contribution in [-0.2, 0) is 33.5 Å². The number of allylic oxidation sites excluding steroid dienone is 6. The third-order valence-corrected chi connectivity index (χ3v) is 9.77. The number of ether oxygens (including phenoxy) is 2. The second kappa shape index (κ2) is 24.7. The number of carbonyl (C=O) groups excluding carboxylic acids is 1. The van der Waals surface area contributed by atoms with Crippen LogP contribution in [0.1, 0.15) is 87.8 Å². The van der Waals surface area contributed by atoms with Crippen molar-refractivity contribution in [2.24, 2.45) is 0 Å². The average molecular weight is 761 g/mol. The first-order chi connectivity index (χ1) is 26.1. The summed E-state index contributed by atoms with van der Waals surface area (Å²) in [6, 6.07) is 29.6. The molecule has 3 aromatic carbocycles. The van der Waals surface area contributed by atoms with E-state index in [1.165, 1.54) is 19.3 Å². The fourth-order valence-electron chi connectivity index (χ4n) is 5.81. The van der Waals surface area contributed by atoms with Crippen molar-refractivity contribution < 1.29 is 37.3 Å². The van der Waals surface area contributed by atoms with Crippen molar-refractivity contribution in [2.75, 3.05) is 47.5 Å². The Labute approximate surface area is 324 Å². The maximum atomic E-state index is 13.2. The first-order valence-electron chi connectivity index (χ1n) is 19.4. The minimum atomic E-state index is -4.44. The van der Waals surface area contributed by atoms with Gasteiger partial charge >= 0.3 is 13.8 Å². The Morgan fingerprint density at radius 2 is 1.19 bits per heavy atom. The molecule has 9 heteroatoms. The molecule has 3 aromatic rings. The standard InChI is InChI=1S/C45H62NO7P/c1-5-6-7-8-9-10-11-12-13-14-15-16-17-18-28-35-44(47)53-43(39-52-54(48,49)51-37-36-46(2,3)4)38-50-45(40-29-22-19-23-30-40,41-31-24-20-25-32-41)42-33-26-21-27-34-42/h9-10,12-13,15-16,19-27,29-34,43H,5-8,11,14,17-18,28,35-39H2,1-4H3/p+1/b10-9-,13-12-,16-15-/t43-/m0/s1. The van der Waals surface area contributed by atoms with E-state index in [1.807, 2.05) is 112 Å². The summed E-state index contributed by atoms with van der Waals surface area (Å²) in [6.45, 7) is 2.25. The topological polar surface area (TPSA) is 91.3 Å². The molecule has 0 aromatic heterocycles. The molecule has 1 N–H and O–H groups in total. The van der Waals surface area contributed by atoms with Crippen LogP contribution >= 0.6 is 7.82 Å². The third-order valence-electron chi connectivity index (χ3n) is 8.79.